The van der Waals surface area contributed by atoms with Crippen LogP contribution in [-0.2, 0) is 18.6 Å². The zero-order valence-electron chi connectivity index (χ0n) is 11.6. The molecule has 1 aromatic carbocycles. The average molecular weight is 257 g/mol. The number of hydrogen-bond acceptors (Lipinski definition) is 3. The van der Waals surface area contributed by atoms with Crippen molar-refractivity contribution in [3.63, 3.8) is 0 Å². The van der Waals surface area contributed by atoms with E-state index in [-0.39, 0.29) is 12.1 Å². The molecule has 1 aliphatic carbocycles. The van der Waals surface area contributed by atoms with Crippen LogP contribution in [0.15, 0.2) is 24.3 Å². The molecule has 4 nitrogen and oxygen atoms in total. The van der Waals surface area contributed by atoms with Gasteiger partial charge in [0.05, 0.1) is 0 Å². The van der Waals surface area contributed by atoms with E-state index >= 15 is 0 Å². The lowest BCUT2D eigenvalue weighted by Crippen LogP contribution is -2.30. The molecule has 0 amide bonds. The predicted octanol–water partition coefficient (Wildman–Crippen LogP) is 2.21. The van der Waals surface area contributed by atoms with Crippen LogP contribution in [0.5, 0.6) is 0 Å². The number of hydrogen-bond donors (Lipinski definition) is 1. The normalized spacial score (nSPS) is 18.0. The molecule has 0 aliphatic heterocycles. The van der Waals surface area contributed by atoms with Gasteiger partial charge in [0.15, 0.2) is 5.82 Å². The van der Waals surface area contributed by atoms with E-state index in [9.17, 15) is 5.11 Å². The second-order valence-corrected chi connectivity index (χ2v) is 6.09. The molecule has 100 valence electrons. The zero-order chi connectivity index (χ0) is 13.6. The van der Waals surface area contributed by atoms with E-state index in [2.05, 4.69) is 59.8 Å². The topological polar surface area (TPSA) is 50.9 Å². The first-order valence-corrected chi connectivity index (χ1v) is 6.65. The Morgan fingerprint density at radius 1 is 1.26 bits per heavy atom. The van der Waals surface area contributed by atoms with E-state index in [1.807, 2.05) is 0 Å². The highest BCUT2D eigenvalue weighted by Crippen LogP contribution is 2.40. The van der Waals surface area contributed by atoms with Crippen molar-refractivity contribution in [1.82, 2.24) is 14.8 Å². The Balaban J connectivity index is 2.07. The lowest BCUT2D eigenvalue weighted by atomic mass is 9.77. The first-order chi connectivity index (χ1) is 9.02. The maximum Gasteiger partial charge on any atom is 0.159 e. The van der Waals surface area contributed by atoms with Crippen molar-refractivity contribution < 1.29 is 5.11 Å². The molecule has 1 heterocycles. The van der Waals surface area contributed by atoms with E-state index in [1.165, 1.54) is 11.1 Å². The lowest BCUT2D eigenvalue weighted by Gasteiger charge is -2.33. The van der Waals surface area contributed by atoms with Gasteiger partial charge in [-0.1, -0.05) is 24.3 Å². The van der Waals surface area contributed by atoms with Crippen LogP contribution in [0, 0.1) is 0 Å². The molecule has 0 saturated heterocycles. The number of aromatic nitrogens is 3. The Kier molecular flexibility index (Phi) is 2.71. The van der Waals surface area contributed by atoms with Gasteiger partial charge in [-0.15, -0.1) is 10.2 Å². The molecule has 3 rings (SSSR count). The van der Waals surface area contributed by atoms with E-state index in [1.54, 1.807) is 0 Å². The fraction of sp³-hybridized carbons (Fsp3) is 0.467. The standard InChI is InChI=1S/C15H19N3O/c1-15(2,3)18-13(9-19)16-17-14(18)12-8-10-6-4-5-7-11(10)12/h4-7,12,19H,8-9H2,1-3H3. The number of fused-ring (bicyclic) bond motifs is 1. The molecule has 4 heteroatoms. The number of benzene rings is 1. The van der Waals surface area contributed by atoms with E-state index in [4.69, 9.17) is 0 Å². The highest BCUT2D eigenvalue weighted by atomic mass is 16.3. The van der Waals surface area contributed by atoms with Gasteiger partial charge in [-0.25, -0.2) is 0 Å². The molecular formula is C15H19N3O. The molecule has 0 radical (unpaired) electrons. The van der Waals surface area contributed by atoms with Crippen LogP contribution in [0.25, 0.3) is 0 Å². The van der Waals surface area contributed by atoms with Gasteiger partial charge in [-0.3, -0.25) is 0 Å². The quantitative estimate of drug-likeness (QED) is 0.897. The Labute approximate surface area is 113 Å². The molecule has 0 saturated carbocycles. The van der Waals surface area contributed by atoms with Gasteiger partial charge in [0, 0.05) is 11.5 Å². The monoisotopic (exact) mass is 257 g/mol. The maximum atomic E-state index is 9.44. The van der Waals surface area contributed by atoms with Crippen LogP contribution in [0.2, 0.25) is 0 Å². The number of nitrogens with zero attached hydrogens (tertiary/aromatic N) is 3. The Morgan fingerprint density at radius 2 is 2.00 bits per heavy atom. The van der Waals surface area contributed by atoms with E-state index in [0.717, 1.165) is 12.2 Å². The van der Waals surface area contributed by atoms with Gasteiger partial charge in [-0.2, -0.15) is 0 Å². The van der Waals surface area contributed by atoms with Gasteiger partial charge < -0.3 is 9.67 Å². The molecule has 0 bridgehead atoms. The van der Waals surface area contributed by atoms with Gasteiger partial charge >= 0.3 is 0 Å². The SMILES string of the molecule is CC(C)(C)n1c(CO)nnc1C1Cc2ccccc21. The first-order valence-electron chi connectivity index (χ1n) is 6.65. The zero-order valence-corrected chi connectivity index (χ0v) is 11.6. The van der Waals surface area contributed by atoms with Gasteiger partial charge in [0.25, 0.3) is 0 Å². The van der Waals surface area contributed by atoms with Gasteiger partial charge in [0.2, 0.25) is 0 Å². The van der Waals surface area contributed by atoms with Crippen LogP contribution in [0.3, 0.4) is 0 Å². The minimum atomic E-state index is -0.124. The Morgan fingerprint density at radius 3 is 2.63 bits per heavy atom. The van der Waals surface area contributed by atoms with Crippen molar-refractivity contribution >= 4 is 0 Å². The summed E-state index contributed by atoms with van der Waals surface area (Å²) in [6, 6.07) is 8.46. The lowest BCUT2D eigenvalue weighted by molar-refractivity contribution is 0.247. The molecule has 0 fully saturated rings. The molecule has 1 aromatic heterocycles. The van der Waals surface area contributed by atoms with Crippen molar-refractivity contribution in [2.24, 2.45) is 0 Å². The third-order valence-electron chi connectivity index (χ3n) is 3.73. The van der Waals surface area contributed by atoms with Crippen molar-refractivity contribution in [2.45, 2.75) is 45.3 Å². The summed E-state index contributed by atoms with van der Waals surface area (Å²) in [5.41, 5.74) is 2.60. The van der Waals surface area contributed by atoms with E-state index < -0.39 is 0 Å². The highest BCUT2D eigenvalue weighted by molar-refractivity contribution is 5.44. The highest BCUT2D eigenvalue weighted by Gasteiger charge is 2.34. The summed E-state index contributed by atoms with van der Waals surface area (Å²) in [5, 5.41) is 17.9. The van der Waals surface area contributed by atoms with Gasteiger partial charge in [-0.05, 0) is 38.3 Å². The summed E-state index contributed by atoms with van der Waals surface area (Å²) in [7, 11) is 0. The molecule has 1 N–H and O–H groups in total. The number of rotatable bonds is 2. The van der Waals surface area contributed by atoms with Crippen molar-refractivity contribution in [3.8, 4) is 0 Å². The van der Waals surface area contributed by atoms with Crippen LogP contribution < -0.4 is 0 Å². The van der Waals surface area contributed by atoms with E-state index in [0.29, 0.717) is 11.7 Å². The average Bonchev–Trinajstić information content (AvgIpc) is 2.74. The maximum absolute atomic E-state index is 9.44. The minimum absolute atomic E-state index is 0.0708. The van der Waals surface area contributed by atoms with Crippen LogP contribution >= 0.6 is 0 Å². The first kappa shape index (κ1) is 12.4. The Hall–Kier alpha value is -1.68. The summed E-state index contributed by atoms with van der Waals surface area (Å²) < 4.78 is 2.08. The molecule has 0 spiro atoms. The minimum Gasteiger partial charge on any atom is -0.388 e. The molecule has 2 aromatic rings. The summed E-state index contributed by atoms with van der Waals surface area (Å²) in [4.78, 5) is 0. The molecule has 19 heavy (non-hydrogen) atoms. The second kappa shape index (κ2) is 4.17. The smallest absolute Gasteiger partial charge is 0.159 e. The summed E-state index contributed by atoms with van der Waals surface area (Å²) in [6.45, 7) is 6.27. The fourth-order valence-electron chi connectivity index (χ4n) is 2.88. The molecule has 1 unspecified atom stereocenters. The van der Waals surface area contributed by atoms with Crippen LogP contribution in [0.1, 0.15) is 49.5 Å². The summed E-state index contributed by atoms with van der Waals surface area (Å²) in [5.74, 6) is 1.92. The fourth-order valence-corrected chi connectivity index (χ4v) is 2.88. The summed E-state index contributed by atoms with van der Waals surface area (Å²) >= 11 is 0. The molecule has 1 aliphatic rings. The Bertz CT molecular complexity index is 610. The summed E-state index contributed by atoms with van der Waals surface area (Å²) in [6.07, 6.45) is 1.01. The van der Waals surface area contributed by atoms with Crippen LogP contribution in [-0.4, -0.2) is 19.9 Å². The number of aliphatic hydroxyl groups is 1. The van der Waals surface area contributed by atoms with Crippen LogP contribution in [0.4, 0.5) is 0 Å². The predicted molar refractivity (Wildman–Crippen MR) is 72.9 cm³/mol. The largest absolute Gasteiger partial charge is 0.388 e. The second-order valence-electron chi connectivity index (χ2n) is 6.09. The third kappa shape index (κ3) is 1.87. The number of aliphatic hydroxyl groups excluding tert-OH is 1. The van der Waals surface area contributed by atoms with Gasteiger partial charge in [0.1, 0.15) is 12.4 Å². The van der Waals surface area contributed by atoms with Crippen molar-refractivity contribution in [1.29, 1.82) is 0 Å². The molecular weight excluding hydrogens is 238 g/mol. The molecule has 1 atom stereocenters. The van der Waals surface area contributed by atoms with Crippen molar-refractivity contribution in [2.75, 3.05) is 0 Å². The third-order valence-corrected chi connectivity index (χ3v) is 3.73. The van der Waals surface area contributed by atoms with Crippen molar-refractivity contribution in [3.05, 3.63) is 47.0 Å².